The van der Waals surface area contributed by atoms with Gasteiger partial charge in [0.2, 0.25) is 16.6 Å². The van der Waals surface area contributed by atoms with Gasteiger partial charge in [0.25, 0.3) is 0 Å². The summed E-state index contributed by atoms with van der Waals surface area (Å²) in [7, 11) is 0. The predicted octanol–water partition coefficient (Wildman–Crippen LogP) is 2.32. The fourth-order valence-electron chi connectivity index (χ4n) is 1.05. The van der Waals surface area contributed by atoms with Crippen LogP contribution in [0.15, 0.2) is 0 Å². The number of nitrogens with one attached hydrogen (secondary N) is 1. The zero-order valence-electron chi connectivity index (χ0n) is 7.73. The molecule has 17 heavy (non-hydrogen) atoms. The van der Waals surface area contributed by atoms with Crippen molar-refractivity contribution in [1.29, 1.82) is 0 Å². The molecule has 0 saturated carbocycles. The maximum Gasteiger partial charge on any atom is 0.407 e. The highest BCUT2D eigenvalue weighted by molar-refractivity contribution is 7.71. The Morgan fingerprint density at radius 1 is 1.06 bits per heavy atom. The van der Waals surface area contributed by atoms with E-state index in [2.05, 4.69) is 22.2 Å². The lowest BCUT2D eigenvalue weighted by Gasteiger charge is -2.21. The van der Waals surface area contributed by atoms with E-state index in [1.54, 1.807) is 4.98 Å². The summed E-state index contributed by atoms with van der Waals surface area (Å²) < 4.78 is 73.0. The monoisotopic (exact) mass is 278 g/mol. The summed E-state index contributed by atoms with van der Waals surface area (Å²) in [6, 6.07) is 0. The molecule has 0 atom stereocenters. The second kappa shape index (κ2) is 4.13. The van der Waals surface area contributed by atoms with Crippen molar-refractivity contribution in [2.24, 2.45) is 0 Å². The van der Waals surface area contributed by atoms with Gasteiger partial charge in [-0.05, 0) is 12.2 Å². The first kappa shape index (κ1) is 13.7. The third-order valence-corrected chi connectivity index (χ3v) is 1.80. The molecule has 1 rings (SSSR count). The molecule has 1 heterocycles. The summed E-state index contributed by atoms with van der Waals surface area (Å²) in [4.78, 5) is 7.68. The number of H-pyrrole nitrogens is 1. The summed E-state index contributed by atoms with van der Waals surface area (Å²) in [6.45, 7) is 0. The summed E-state index contributed by atoms with van der Waals surface area (Å²) in [5.74, 6) is -5.87. The molecule has 4 nitrogen and oxygen atoms in total. The topological polar surface area (TPSA) is 67.6 Å². The van der Waals surface area contributed by atoms with Gasteiger partial charge in [0.05, 0.1) is 0 Å². The van der Waals surface area contributed by atoms with Gasteiger partial charge in [-0.2, -0.15) is 31.3 Å². The largest absolute Gasteiger partial charge is 0.407 e. The van der Waals surface area contributed by atoms with Crippen LogP contribution < -0.4 is 5.73 Å². The molecule has 0 aliphatic rings. The maximum absolute atomic E-state index is 12.3. The fourth-order valence-corrected chi connectivity index (χ4v) is 1.25. The zero-order valence-corrected chi connectivity index (χ0v) is 8.54. The molecule has 11 heteroatoms. The molecule has 0 spiro atoms. The van der Waals surface area contributed by atoms with Gasteiger partial charge < -0.3 is 10.7 Å². The Balaban J connectivity index is 3.38. The highest BCUT2D eigenvalue weighted by Crippen LogP contribution is 2.44. The molecule has 0 unspecified atom stereocenters. The van der Waals surface area contributed by atoms with Gasteiger partial charge in [-0.15, -0.1) is 0 Å². The number of nitrogens with zero attached hydrogens (tertiary/aromatic N) is 2. The normalized spacial score (nSPS) is 13.1. The van der Waals surface area contributed by atoms with Crippen LogP contribution in [0.25, 0.3) is 0 Å². The van der Waals surface area contributed by atoms with Gasteiger partial charge in [0.1, 0.15) is 5.82 Å². The van der Waals surface area contributed by atoms with E-state index >= 15 is 0 Å². The van der Waals surface area contributed by atoms with Crippen LogP contribution in [0.3, 0.4) is 0 Å². The molecule has 0 aliphatic heterocycles. The number of aromatic amines is 1. The minimum Gasteiger partial charge on any atom is -0.369 e. The molecule has 0 bridgehead atoms. The Labute approximate surface area is 94.9 Å². The lowest BCUT2D eigenvalue weighted by Crippen LogP contribution is -2.35. The number of alkyl halides is 6. The summed E-state index contributed by atoms with van der Waals surface area (Å²) in [6.07, 6.45) is -11.1. The van der Waals surface area contributed by atoms with Crippen molar-refractivity contribution in [3.05, 3.63) is 10.6 Å². The van der Waals surface area contributed by atoms with Crippen LogP contribution in [-0.4, -0.2) is 27.3 Å². The zero-order chi connectivity index (χ0) is 13.4. The summed E-state index contributed by atoms with van der Waals surface area (Å²) >= 11 is 4.30. The highest BCUT2D eigenvalue weighted by atomic mass is 32.1. The molecule has 0 saturated heterocycles. The van der Waals surface area contributed by atoms with Crippen molar-refractivity contribution in [1.82, 2.24) is 15.0 Å². The van der Waals surface area contributed by atoms with Gasteiger partial charge in [-0.25, -0.2) is 4.98 Å². The van der Waals surface area contributed by atoms with Crippen molar-refractivity contribution in [3.63, 3.8) is 0 Å². The molecule has 0 amide bonds. The first-order chi connectivity index (χ1) is 7.51. The molecule has 0 aliphatic carbocycles. The van der Waals surface area contributed by atoms with Crippen LogP contribution in [0, 0.1) is 4.77 Å². The van der Waals surface area contributed by atoms with E-state index in [1.165, 1.54) is 0 Å². The second-order valence-corrected chi connectivity index (χ2v) is 3.28. The number of aromatic nitrogens is 3. The van der Waals surface area contributed by atoms with E-state index in [1.807, 2.05) is 0 Å². The lowest BCUT2D eigenvalue weighted by atomic mass is 10.1. The highest BCUT2D eigenvalue weighted by Gasteiger charge is 2.59. The number of halogens is 6. The smallest absolute Gasteiger partial charge is 0.369 e. The summed E-state index contributed by atoms with van der Waals surface area (Å²) in [5.41, 5.74) is 4.98. The molecule has 1 aromatic heterocycles. The van der Waals surface area contributed by atoms with Crippen LogP contribution in [-0.2, 0) is 0 Å². The number of hydrogen-bond acceptors (Lipinski definition) is 4. The van der Waals surface area contributed by atoms with Crippen LogP contribution in [0.4, 0.5) is 32.3 Å². The van der Waals surface area contributed by atoms with Crippen molar-refractivity contribution in [2.75, 3.05) is 5.73 Å². The molecule has 96 valence electrons. The van der Waals surface area contributed by atoms with Gasteiger partial charge in [0, 0.05) is 0 Å². The Morgan fingerprint density at radius 2 is 1.53 bits per heavy atom. The molecule has 3 N–H and O–H groups in total. The van der Waals surface area contributed by atoms with E-state index in [0.717, 1.165) is 0 Å². The molecule has 0 fully saturated rings. The van der Waals surface area contributed by atoms with E-state index < -0.39 is 34.8 Å². The lowest BCUT2D eigenvalue weighted by molar-refractivity contribution is -0.255. The number of anilines is 1. The Bertz CT molecular complexity index is 449. The Hall–Kier alpha value is -1.39. The molecule has 0 aromatic carbocycles. The van der Waals surface area contributed by atoms with Crippen molar-refractivity contribution >= 4 is 18.2 Å². The fraction of sp³-hybridized carbons (Fsp3) is 0.500. The molecular weight excluding hydrogens is 274 g/mol. The van der Waals surface area contributed by atoms with Gasteiger partial charge >= 0.3 is 12.4 Å². The van der Waals surface area contributed by atoms with Crippen molar-refractivity contribution in [3.8, 4) is 0 Å². The first-order valence-corrected chi connectivity index (χ1v) is 4.30. The molecule has 0 radical (unpaired) electrons. The Kier molecular flexibility index (Phi) is 3.32. The average molecular weight is 278 g/mol. The van der Waals surface area contributed by atoms with Crippen molar-refractivity contribution in [2.45, 2.75) is 18.3 Å². The van der Waals surface area contributed by atoms with E-state index in [-0.39, 0.29) is 0 Å². The number of hydrogen-bond donors (Lipinski definition) is 2. The first-order valence-electron chi connectivity index (χ1n) is 3.89. The van der Waals surface area contributed by atoms with Crippen LogP contribution >= 0.6 is 12.2 Å². The van der Waals surface area contributed by atoms with E-state index in [0.29, 0.717) is 0 Å². The standard InChI is InChI=1S/C6H4F6N4S/c7-5(8,9)1(6(10,11)12)2-14-3(13)16-4(17)15-2/h1H,(H3,13,14,15,16,17). The molecule has 1 aromatic rings. The van der Waals surface area contributed by atoms with Gasteiger partial charge in [-0.3, -0.25) is 0 Å². The maximum atomic E-state index is 12.3. The van der Waals surface area contributed by atoms with Crippen LogP contribution in [0.1, 0.15) is 11.7 Å². The number of nitrogens with two attached hydrogens (primary N) is 1. The van der Waals surface area contributed by atoms with Crippen LogP contribution in [0.2, 0.25) is 0 Å². The van der Waals surface area contributed by atoms with Crippen molar-refractivity contribution < 1.29 is 26.3 Å². The number of nitrogen functional groups attached to an aromatic ring is 1. The predicted molar refractivity (Wildman–Crippen MR) is 46.5 cm³/mol. The molecular formula is C6H4F6N4S. The third-order valence-electron chi connectivity index (χ3n) is 1.62. The number of rotatable bonds is 1. The summed E-state index contributed by atoms with van der Waals surface area (Å²) in [5, 5.41) is 0. The minimum atomic E-state index is -5.56. The van der Waals surface area contributed by atoms with E-state index in [4.69, 9.17) is 5.73 Å². The minimum absolute atomic E-state index is 0.668. The SMILES string of the molecule is Nc1nc(=S)nc(C(C(F)(F)F)C(F)(F)F)[nH]1. The van der Waals surface area contributed by atoms with E-state index in [9.17, 15) is 26.3 Å². The van der Waals surface area contributed by atoms with Gasteiger partial charge in [-0.1, -0.05) is 0 Å². The van der Waals surface area contributed by atoms with Crippen LogP contribution in [0.5, 0.6) is 0 Å². The second-order valence-electron chi connectivity index (χ2n) is 2.92. The Morgan fingerprint density at radius 3 is 1.88 bits per heavy atom. The third kappa shape index (κ3) is 3.28. The van der Waals surface area contributed by atoms with Gasteiger partial charge in [0.15, 0.2) is 0 Å². The quantitative estimate of drug-likeness (QED) is 0.611. The average Bonchev–Trinajstić information content (AvgIpc) is 1.93.